The number of nitrogens with one attached hydrogen (secondary N) is 3. The van der Waals surface area contributed by atoms with Crippen LogP contribution in [0.2, 0.25) is 5.02 Å². The van der Waals surface area contributed by atoms with Crippen LogP contribution in [0.25, 0.3) is 11.3 Å². The van der Waals surface area contributed by atoms with Gasteiger partial charge in [-0.15, -0.1) is 0 Å². The third-order valence-electron chi connectivity index (χ3n) is 3.67. The minimum atomic E-state index is -0.106. The van der Waals surface area contributed by atoms with E-state index in [-0.39, 0.29) is 5.56 Å². The molecular formula is C15H17ClN4O. The number of anilines is 1. The number of aromatic amines is 1. The Balaban J connectivity index is 2.13. The molecule has 0 fully saturated rings. The molecule has 0 saturated heterocycles. The van der Waals surface area contributed by atoms with Gasteiger partial charge in [0.2, 0.25) is 0 Å². The number of nitrogens with zero attached hydrogens (tertiary/aromatic N) is 1. The van der Waals surface area contributed by atoms with Gasteiger partial charge in [0.15, 0.2) is 0 Å². The van der Waals surface area contributed by atoms with Crippen molar-refractivity contribution in [2.75, 3.05) is 18.9 Å². The minimum Gasteiger partial charge on any atom is -0.383 e. The van der Waals surface area contributed by atoms with Crippen LogP contribution in [0.4, 0.5) is 5.69 Å². The van der Waals surface area contributed by atoms with Crippen LogP contribution >= 0.6 is 11.6 Å². The van der Waals surface area contributed by atoms with E-state index in [0.29, 0.717) is 6.54 Å². The highest BCUT2D eigenvalue weighted by molar-refractivity contribution is 6.31. The van der Waals surface area contributed by atoms with Gasteiger partial charge in [-0.2, -0.15) is 5.10 Å². The van der Waals surface area contributed by atoms with Crippen molar-refractivity contribution in [2.45, 2.75) is 19.4 Å². The topological polar surface area (TPSA) is 69.8 Å². The summed E-state index contributed by atoms with van der Waals surface area (Å²) >= 11 is 6.20. The summed E-state index contributed by atoms with van der Waals surface area (Å²) in [5.41, 5.74) is 4.27. The number of benzene rings is 1. The predicted molar refractivity (Wildman–Crippen MR) is 84.9 cm³/mol. The maximum Gasteiger partial charge on any atom is 0.269 e. The van der Waals surface area contributed by atoms with Gasteiger partial charge in [-0.05, 0) is 37.6 Å². The molecule has 0 spiro atoms. The quantitative estimate of drug-likeness (QED) is 0.813. The second kappa shape index (κ2) is 5.87. The number of hydrogen-bond donors (Lipinski definition) is 3. The first-order valence-electron chi connectivity index (χ1n) is 6.99. The summed E-state index contributed by atoms with van der Waals surface area (Å²) in [5.74, 6) is 0. The van der Waals surface area contributed by atoms with Gasteiger partial charge in [0.25, 0.3) is 5.56 Å². The van der Waals surface area contributed by atoms with Gasteiger partial charge in [-0.1, -0.05) is 17.7 Å². The molecule has 21 heavy (non-hydrogen) atoms. The summed E-state index contributed by atoms with van der Waals surface area (Å²) in [6.07, 6.45) is 1.75. The molecule has 2 aromatic rings. The fourth-order valence-corrected chi connectivity index (χ4v) is 2.84. The lowest BCUT2D eigenvalue weighted by molar-refractivity contribution is 0.799. The average molecular weight is 305 g/mol. The largest absolute Gasteiger partial charge is 0.383 e. The van der Waals surface area contributed by atoms with Crippen LogP contribution in [-0.4, -0.2) is 23.8 Å². The molecule has 110 valence electrons. The van der Waals surface area contributed by atoms with Crippen molar-refractivity contribution in [3.05, 3.63) is 44.7 Å². The van der Waals surface area contributed by atoms with E-state index in [1.165, 1.54) is 0 Å². The Labute approximate surface area is 127 Å². The summed E-state index contributed by atoms with van der Waals surface area (Å²) in [5, 5.41) is 14.0. The molecule has 0 bridgehead atoms. The summed E-state index contributed by atoms with van der Waals surface area (Å²) in [4.78, 5) is 11.9. The Bertz CT molecular complexity index is 726. The van der Waals surface area contributed by atoms with Gasteiger partial charge in [-0.3, -0.25) is 4.79 Å². The summed E-state index contributed by atoms with van der Waals surface area (Å²) < 4.78 is 0. The van der Waals surface area contributed by atoms with E-state index in [9.17, 15) is 4.79 Å². The molecule has 0 unspecified atom stereocenters. The van der Waals surface area contributed by atoms with E-state index in [4.69, 9.17) is 11.6 Å². The summed E-state index contributed by atoms with van der Waals surface area (Å²) in [7, 11) is 1.88. The first kappa shape index (κ1) is 14.1. The molecule has 0 amide bonds. The number of hydrogen-bond acceptors (Lipinski definition) is 4. The van der Waals surface area contributed by atoms with Gasteiger partial charge >= 0.3 is 0 Å². The average Bonchev–Trinajstić information content (AvgIpc) is 2.51. The fourth-order valence-electron chi connectivity index (χ4n) is 2.65. The second-order valence-corrected chi connectivity index (χ2v) is 5.53. The van der Waals surface area contributed by atoms with Crippen molar-refractivity contribution in [2.24, 2.45) is 0 Å². The van der Waals surface area contributed by atoms with E-state index in [2.05, 4.69) is 20.8 Å². The van der Waals surface area contributed by atoms with Crippen LogP contribution < -0.4 is 16.2 Å². The summed E-state index contributed by atoms with van der Waals surface area (Å²) in [6, 6.07) is 5.81. The van der Waals surface area contributed by atoms with Crippen molar-refractivity contribution < 1.29 is 0 Å². The highest BCUT2D eigenvalue weighted by Gasteiger charge is 2.19. The van der Waals surface area contributed by atoms with Gasteiger partial charge in [0.1, 0.15) is 5.69 Å². The standard InChI is InChI=1S/C15H17ClN4O/c1-17-8-10-7-9(4-5-12(10)16)13-14-11(3-2-6-18-14)15(21)20-19-13/h4-5,7,17-18H,2-3,6,8H2,1H3,(H,20,21). The molecule has 5 nitrogen and oxygen atoms in total. The van der Waals surface area contributed by atoms with Crippen molar-refractivity contribution >= 4 is 17.3 Å². The monoisotopic (exact) mass is 304 g/mol. The van der Waals surface area contributed by atoms with Crippen molar-refractivity contribution in [1.82, 2.24) is 15.5 Å². The molecule has 0 saturated carbocycles. The van der Waals surface area contributed by atoms with Crippen LogP contribution in [0.5, 0.6) is 0 Å². The van der Waals surface area contributed by atoms with Crippen molar-refractivity contribution in [3.63, 3.8) is 0 Å². The summed E-state index contributed by atoms with van der Waals surface area (Å²) in [6.45, 7) is 1.55. The molecule has 3 N–H and O–H groups in total. The molecule has 1 aliphatic heterocycles. The van der Waals surface area contributed by atoms with E-state index in [1.54, 1.807) is 0 Å². The zero-order valence-corrected chi connectivity index (χ0v) is 12.5. The molecule has 1 aliphatic rings. The molecule has 1 aromatic carbocycles. The lowest BCUT2D eigenvalue weighted by Gasteiger charge is -2.19. The lowest BCUT2D eigenvalue weighted by Crippen LogP contribution is -2.24. The first-order chi connectivity index (χ1) is 10.2. The van der Waals surface area contributed by atoms with Crippen LogP contribution in [0.3, 0.4) is 0 Å². The zero-order chi connectivity index (χ0) is 14.8. The Morgan fingerprint density at radius 2 is 2.29 bits per heavy atom. The number of halogens is 1. The third-order valence-corrected chi connectivity index (χ3v) is 4.04. The van der Waals surface area contributed by atoms with E-state index in [0.717, 1.165) is 52.5 Å². The molecule has 3 rings (SSSR count). The molecule has 0 radical (unpaired) electrons. The molecular weight excluding hydrogens is 288 g/mol. The van der Waals surface area contributed by atoms with E-state index < -0.39 is 0 Å². The third kappa shape index (κ3) is 2.66. The maximum absolute atomic E-state index is 11.9. The molecule has 0 atom stereocenters. The SMILES string of the molecule is CNCc1cc(-c2n[nH]c(=O)c3c2NCCC3)ccc1Cl. The zero-order valence-electron chi connectivity index (χ0n) is 11.8. The normalized spacial score (nSPS) is 13.6. The highest BCUT2D eigenvalue weighted by Crippen LogP contribution is 2.31. The molecule has 6 heteroatoms. The van der Waals surface area contributed by atoms with Gasteiger partial charge in [0, 0.05) is 29.2 Å². The molecule has 1 aromatic heterocycles. The number of rotatable bonds is 3. The minimum absolute atomic E-state index is 0.106. The fraction of sp³-hybridized carbons (Fsp3) is 0.333. The lowest BCUT2D eigenvalue weighted by atomic mass is 10.00. The Morgan fingerprint density at radius 1 is 1.43 bits per heavy atom. The molecule has 2 heterocycles. The van der Waals surface area contributed by atoms with Crippen LogP contribution in [0.1, 0.15) is 17.5 Å². The van der Waals surface area contributed by atoms with Crippen LogP contribution in [0, 0.1) is 0 Å². The van der Waals surface area contributed by atoms with Gasteiger partial charge in [-0.25, -0.2) is 5.10 Å². The van der Waals surface area contributed by atoms with Crippen molar-refractivity contribution in [1.29, 1.82) is 0 Å². The van der Waals surface area contributed by atoms with Gasteiger partial charge in [0.05, 0.1) is 5.69 Å². The van der Waals surface area contributed by atoms with Gasteiger partial charge < -0.3 is 10.6 Å². The van der Waals surface area contributed by atoms with E-state index >= 15 is 0 Å². The highest BCUT2D eigenvalue weighted by atomic mass is 35.5. The predicted octanol–water partition coefficient (Wildman–Crippen LogP) is 2.17. The van der Waals surface area contributed by atoms with Crippen LogP contribution in [0.15, 0.2) is 23.0 Å². The molecule has 0 aliphatic carbocycles. The smallest absolute Gasteiger partial charge is 0.269 e. The van der Waals surface area contributed by atoms with Crippen LogP contribution in [-0.2, 0) is 13.0 Å². The Morgan fingerprint density at radius 3 is 3.10 bits per heavy atom. The number of aromatic nitrogens is 2. The first-order valence-corrected chi connectivity index (χ1v) is 7.37. The Kier molecular flexibility index (Phi) is 3.94. The second-order valence-electron chi connectivity index (χ2n) is 5.12. The number of fused-ring (bicyclic) bond motifs is 1. The van der Waals surface area contributed by atoms with E-state index in [1.807, 2.05) is 25.2 Å². The Hall–Kier alpha value is -1.85. The van der Waals surface area contributed by atoms with Crippen molar-refractivity contribution in [3.8, 4) is 11.3 Å². The maximum atomic E-state index is 11.9. The number of H-pyrrole nitrogens is 1.